The second-order valence-corrected chi connectivity index (χ2v) is 5.68. The van der Waals surface area contributed by atoms with Gasteiger partial charge in [0.15, 0.2) is 0 Å². The highest BCUT2D eigenvalue weighted by molar-refractivity contribution is 5.99. The fourth-order valence-corrected chi connectivity index (χ4v) is 3.04. The van der Waals surface area contributed by atoms with E-state index in [4.69, 9.17) is 4.74 Å². The summed E-state index contributed by atoms with van der Waals surface area (Å²) >= 11 is 0. The first-order chi connectivity index (χ1) is 10.4. The number of hydrogen-bond acceptors (Lipinski definition) is 4. The molecule has 2 aliphatic rings. The minimum Gasteiger partial charge on any atom is -0.378 e. The number of nitrogens with zero attached hydrogens (tertiary/aromatic N) is 3. The van der Waals surface area contributed by atoms with Crippen LogP contribution in [0.3, 0.4) is 0 Å². The number of morpholine rings is 1. The molecule has 1 aromatic rings. The zero-order valence-corrected chi connectivity index (χ0v) is 12.5. The van der Waals surface area contributed by atoms with Crippen molar-refractivity contribution in [3.8, 4) is 0 Å². The van der Waals surface area contributed by atoms with Crippen molar-refractivity contribution in [3.05, 3.63) is 23.9 Å². The maximum absolute atomic E-state index is 12.8. The van der Waals surface area contributed by atoms with Crippen LogP contribution in [0.15, 0.2) is 18.3 Å². The van der Waals surface area contributed by atoms with Gasteiger partial charge < -0.3 is 14.5 Å². The summed E-state index contributed by atoms with van der Waals surface area (Å²) in [6, 6.07) is 3.76. The van der Waals surface area contributed by atoms with Crippen molar-refractivity contribution in [2.24, 2.45) is 0 Å². The molecule has 114 valence electrons. The average Bonchev–Trinajstić information content (AvgIpc) is 2.84. The van der Waals surface area contributed by atoms with E-state index < -0.39 is 0 Å². The van der Waals surface area contributed by atoms with Crippen molar-refractivity contribution >= 4 is 11.7 Å². The lowest BCUT2D eigenvalue weighted by Crippen LogP contribution is -2.39. The van der Waals surface area contributed by atoms with E-state index in [9.17, 15) is 4.79 Å². The Morgan fingerprint density at radius 3 is 2.48 bits per heavy atom. The molecule has 2 fully saturated rings. The molecule has 2 aliphatic heterocycles. The summed E-state index contributed by atoms with van der Waals surface area (Å²) in [5.74, 6) is 0.946. The predicted octanol–water partition coefficient (Wildman–Crippen LogP) is 1.93. The fraction of sp³-hybridized carbons (Fsp3) is 0.625. The summed E-state index contributed by atoms with van der Waals surface area (Å²) in [4.78, 5) is 21.5. The number of likely N-dealkylation sites (tertiary alicyclic amines) is 1. The fourth-order valence-electron chi connectivity index (χ4n) is 3.04. The van der Waals surface area contributed by atoms with E-state index in [-0.39, 0.29) is 5.91 Å². The number of pyridine rings is 1. The van der Waals surface area contributed by atoms with Gasteiger partial charge in [0.05, 0.1) is 18.8 Å². The molecule has 5 heteroatoms. The normalized spacial score (nSPS) is 20.2. The van der Waals surface area contributed by atoms with Gasteiger partial charge in [-0.2, -0.15) is 0 Å². The SMILES string of the molecule is O=C(c1cccnc1N1CCOCC1)N1CCCCCC1. The van der Waals surface area contributed by atoms with Crippen LogP contribution in [0.1, 0.15) is 36.0 Å². The van der Waals surface area contributed by atoms with Gasteiger partial charge in [-0.25, -0.2) is 4.98 Å². The van der Waals surface area contributed by atoms with Gasteiger partial charge in [0.25, 0.3) is 5.91 Å². The predicted molar refractivity (Wildman–Crippen MR) is 81.6 cm³/mol. The standard InChI is InChI=1S/C16H23N3O2/c20-16(19-8-3-1-2-4-9-19)14-6-5-7-17-15(14)18-10-12-21-13-11-18/h5-7H,1-4,8-13H2. The zero-order chi connectivity index (χ0) is 14.5. The van der Waals surface area contributed by atoms with Crippen molar-refractivity contribution in [2.45, 2.75) is 25.7 Å². The molecule has 5 nitrogen and oxygen atoms in total. The van der Waals surface area contributed by atoms with Gasteiger partial charge in [0.2, 0.25) is 0 Å². The molecule has 1 amide bonds. The van der Waals surface area contributed by atoms with Gasteiger partial charge in [0, 0.05) is 32.4 Å². The second kappa shape index (κ2) is 6.89. The van der Waals surface area contributed by atoms with Crippen LogP contribution in [-0.4, -0.2) is 55.2 Å². The zero-order valence-electron chi connectivity index (χ0n) is 12.5. The highest BCUT2D eigenvalue weighted by Gasteiger charge is 2.24. The summed E-state index contributed by atoms with van der Waals surface area (Å²) in [7, 11) is 0. The number of ether oxygens (including phenoxy) is 1. The highest BCUT2D eigenvalue weighted by atomic mass is 16.5. The minimum atomic E-state index is 0.131. The molecule has 0 unspecified atom stereocenters. The van der Waals surface area contributed by atoms with Crippen LogP contribution in [0.4, 0.5) is 5.82 Å². The van der Waals surface area contributed by atoms with Gasteiger partial charge in [-0.1, -0.05) is 12.8 Å². The number of hydrogen-bond donors (Lipinski definition) is 0. The van der Waals surface area contributed by atoms with Crippen LogP contribution < -0.4 is 4.90 Å². The quantitative estimate of drug-likeness (QED) is 0.834. The molecule has 0 N–H and O–H groups in total. The molecular formula is C16H23N3O2. The molecule has 3 rings (SSSR count). The maximum atomic E-state index is 12.8. The van der Waals surface area contributed by atoms with E-state index in [1.54, 1.807) is 6.20 Å². The minimum absolute atomic E-state index is 0.131. The van der Waals surface area contributed by atoms with Crippen molar-refractivity contribution < 1.29 is 9.53 Å². The topological polar surface area (TPSA) is 45.7 Å². The van der Waals surface area contributed by atoms with E-state index >= 15 is 0 Å². The number of carbonyl (C=O) groups is 1. The Morgan fingerprint density at radius 2 is 1.76 bits per heavy atom. The van der Waals surface area contributed by atoms with Crippen molar-refractivity contribution in [1.29, 1.82) is 0 Å². The Hall–Kier alpha value is -1.62. The van der Waals surface area contributed by atoms with Crippen molar-refractivity contribution in [3.63, 3.8) is 0 Å². The third-order valence-corrected chi connectivity index (χ3v) is 4.22. The molecule has 0 bridgehead atoms. The molecule has 2 saturated heterocycles. The molecule has 0 spiro atoms. The van der Waals surface area contributed by atoms with Gasteiger partial charge in [-0.3, -0.25) is 4.79 Å². The van der Waals surface area contributed by atoms with Crippen LogP contribution >= 0.6 is 0 Å². The van der Waals surface area contributed by atoms with Gasteiger partial charge in [0.1, 0.15) is 5.82 Å². The average molecular weight is 289 g/mol. The molecule has 0 radical (unpaired) electrons. The Bertz CT molecular complexity index is 478. The molecule has 0 aliphatic carbocycles. The summed E-state index contributed by atoms with van der Waals surface area (Å²) in [6.45, 7) is 4.75. The number of rotatable bonds is 2. The maximum Gasteiger partial charge on any atom is 0.257 e. The number of aromatic nitrogens is 1. The van der Waals surface area contributed by atoms with Crippen LogP contribution in [-0.2, 0) is 4.74 Å². The summed E-state index contributed by atoms with van der Waals surface area (Å²) < 4.78 is 5.39. The molecule has 0 saturated carbocycles. The Labute approximate surface area is 125 Å². The van der Waals surface area contributed by atoms with Crippen LogP contribution in [0, 0.1) is 0 Å². The molecule has 0 atom stereocenters. The largest absolute Gasteiger partial charge is 0.378 e. The lowest BCUT2D eigenvalue weighted by Gasteiger charge is -2.30. The summed E-state index contributed by atoms with van der Waals surface area (Å²) in [6.07, 6.45) is 6.45. The molecule has 1 aromatic heterocycles. The van der Waals surface area contributed by atoms with Gasteiger partial charge in [-0.15, -0.1) is 0 Å². The highest BCUT2D eigenvalue weighted by Crippen LogP contribution is 2.21. The van der Waals surface area contributed by atoms with Gasteiger partial charge >= 0.3 is 0 Å². The lowest BCUT2D eigenvalue weighted by atomic mass is 10.2. The van der Waals surface area contributed by atoms with E-state index in [2.05, 4.69) is 9.88 Å². The first kappa shape index (κ1) is 14.3. The summed E-state index contributed by atoms with van der Waals surface area (Å²) in [5, 5.41) is 0. The third-order valence-electron chi connectivity index (χ3n) is 4.22. The molecular weight excluding hydrogens is 266 g/mol. The van der Waals surface area contributed by atoms with Crippen molar-refractivity contribution in [1.82, 2.24) is 9.88 Å². The van der Waals surface area contributed by atoms with Gasteiger partial charge in [-0.05, 0) is 25.0 Å². The number of amides is 1. The second-order valence-electron chi connectivity index (χ2n) is 5.68. The number of carbonyl (C=O) groups excluding carboxylic acids is 1. The first-order valence-electron chi connectivity index (χ1n) is 7.93. The van der Waals surface area contributed by atoms with E-state index in [0.717, 1.165) is 50.4 Å². The Balaban J connectivity index is 1.81. The van der Waals surface area contributed by atoms with Crippen LogP contribution in [0.5, 0.6) is 0 Å². The Morgan fingerprint density at radius 1 is 1.05 bits per heavy atom. The van der Waals surface area contributed by atoms with Crippen LogP contribution in [0.2, 0.25) is 0 Å². The lowest BCUT2D eigenvalue weighted by molar-refractivity contribution is 0.0760. The first-order valence-corrected chi connectivity index (χ1v) is 7.93. The van der Waals surface area contributed by atoms with Crippen LogP contribution in [0.25, 0.3) is 0 Å². The van der Waals surface area contributed by atoms with E-state index in [1.807, 2.05) is 17.0 Å². The summed E-state index contributed by atoms with van der Waals surface area (Å²) in [5.41, 5.74) is 0.737. The van der Waals surface area contributed by atoms with E-state index in [0.29, 0.717) is 13.2 Å². The third kappa shape index (κ3) is 3.35. The molecule has 3 heterocycles. The van der Waals surface area contributed by atoms with Crippen molar-refractivity contribution in [2.75, 3.05) is 44.3 Å². The molecule has 21 heavy (non-hydrogen) atoms. The smallest absolute Gasteiger partial charge is 0.257 e. The number of anilines is 1. The monoisotopic (exact) mass is 289 g/mol. The molecule has 0 aromatic carbocycles. The van der Waals surface area contributed by atoms with E-state index in [1.165, 1.54) is 12.8 Å². The Kier molecular flexibility index (Phi) is 4.70.